The highest BCUT2D eigenvalue weighted by Crippen LogP contribution is 2.09. The van der Waals surface area contributed by atoms with Crippen molar-refractivity contribution in [1.82, 2.24) is 5.32 Å². The number of carbonyl (C=O) groups excluding carboxylic acids is 1. The molecule has 0 aromatic rings. The fourth-order valence-electron chi connectivity index (χ4n) is 1.60. The van der Waals surface area contributed by atoms with Crippen LogP contribution in [0.25, 0.3) is 0 Å². The Morgan fingerprint density at radius 3 is 2.21 bits per heavy atom. The third kappa shape index (κ3) is 9.01. The Bertz CT molecular complexity index is 319. The number of hydrogen-bond acceptors (Lipinski definition) is 4. The Hall–Kier alpha value is -1.63. The molecule has 0 aromatic heterocycles. The van der Waals surface area contributed by atoms with Gasteiger partial charge in [0.1, 0.15) is 6.04 Å². The summed E-state index contributed by atoms with van der Waals surface area (Å²) < 4.78 is 0. The van der Waals surface area contributed by atoms with Crippen LogP contribution in [0.5, 0.6) is 0 Å². The van der Waals surface area contributed by atoms with Gasteiger partial charge in [-0.2, -0.15) is 0 Å². The highest BCUT2D eigenvalue weighted by atomic mass is 16.4. The van der Waals surface area contributed by atoms with E-state index < -0.39 is 18.0 Å². The fraction of sp³-hybridized carbons (Fsp3) is 0.750. The Labute approximate surface area is 112 Å². The molecule has 0 heterocycles. The molecular weight excluding hydrogens is 252 g/mol. The largest absolute Gasteiger partial charge is 0.481 e. The third-order valence-electron chi connectivity index (χ3n) is 2.80. The minimum Gasteiger partial charge on any atom is -0.481 e. The van der Waals surface area contributed by atoms with Crippen molar-refractivity contribution < 1.29 is 24.6 Å². The summed E-state index contributed by atoms with van der Waals surface area (Å²) in [7, 11) is 0. The van der Waals surface area contributed by atoms with Gasteiger partial charge in [-0.3, -0.25) is 9.59 Å². The van der Waals surface area contributed by atoms with Crippen molar-refractivity contribution in [2.45, 2.75) is 45.1 Å². The first-order valence-corrected chi connectivity index (χ1v) is 6.30. The summed E-state index contributed by atoms with van der Waals surface area (Å²) in [5, 5.41) is 19.7. The van der Waals surface area contributed by atoms with Gasteiger partial charge in [0.25, 0.3) is 0 Å². The van der Waals surface area contributed by atoms with E-state index in [-0.39, 0.29) is 25.2 Å². The lowest BCUT2D eigenvalue weighted by atomic mass is 10.0. The Balaban J connectivity index is 4.10. The van der Waals surface area contributed by atoms with Crippen molar-refractivity contribution >= 4 is 17.8 Å². The van der Waals surface area contributed by atoms with Gasteiger partial charge in [-0.05, 0) is 31.7 Å². The minimum absolute atomic E-state index is 0.116. The van der Waals surface area contributed by atoms with E-state index in [9.17, 15) is 14.4 Å². The number of aliphatic carboxylic acids is 2. The molecule has 1 amide bonds. The summed E-state index contributed by atoms with van der Waals surface area (Å²) >= 11 is 0. The van der Waals surface area contributed by atoms with E-state index >= 15 is 0 Å². The molecule has 0 fully saturated rings. The molecule has 0 rings (SSSR count). The molecule has 5 N–H and O–H groups in total. The zero-order valence-electron chi connectivity index (χ0n) is 11.1. The van der Waals surface area contributed by atoms with E-state index in [0.29, 0.717) is 18.9 Å². The quantitative estimate of drug-likeness (QED) is 0.450. The maximum atomic E-state index is 11.6. The lowest BCUT2D eigenvalue weighted by molar-refractivity contribution is -0.143. The number of hydrogen-bond donors (Lipinski definition) is 4. The van der Waals surface area contributed by atoms with Crippen LogP contribution in [0.1, 0.15) is 39.0 Å². The van der Waals surface area contributed by atoms with E-state index in [1.807, 2.05) is 6.92 Å². The molecule has 0 aliphatic heterocycles. The molecule has 110 valence electrons. The molecule has 19 heavy (non-hydrogen) atoms. The minimum atomic E-state index is -1.22. The van der Waals surface area contributed by atoms with Gasteiger partial charge in [0.05, 0.1) is 0 Å². The van der Waals surface area contributed by atoms with E-state index in [2.05, 4.69) is 5.32 Å². The summed E-state index contributed by atoms with van der Waals surface area (Å²) in [5.41, 5.74) is 5.39. The number of rotatable bonds is 10. The van der Waals surface area contributed by atoms with Crippen molar-refractivity contribution in [3.05, 3.63) is 0 Å². The van der Waals surface area contributed by atoms with Gasteiger partial charge >= 0.3 is 11.9 Å². The summed E-state index contributed by atoms with van der Waals surface area (Å²) in [6, 6.07) is -1.14. The maximum absolute atomic E-state index is 11.6. The van der Waals surface area contributed by atoms with Crippen LogP contribution < -0.4 is 11.1 Å². The first-order valence-electron chi connectivity index (χ1n) is 6.30. The summed E-state index contributed by atoms with van der Waals surface area (Å²) in [5.74, 6) is -2.37. The second kappa shape index (κ2) is 9.32. The lowest BCUT2D eigenvalue weighted by Crippen LogP contribution is -2.41. The average molecular weight is 274 g/mol. The fourth-order valence-corrected chi connectivity index (χ4v) is 1.60. The topological polar surface area (TPSA) is 130 Å². The molecule has 0 bridgehead atoms. The van der Waals surface area contributed by atoms with Gasteiger partial charge in [-0.25, -0.2) is 4.79 Å². The number of nitrogens with two attached hydrogens (primary N) is 1. The van der Waals surface area contributed by atoms with Gasteiger partial charge in [0.2, 0.25) is 5.91 Å². The van der Waals surface area contributed by atoms with Gasteiger partial charge in [-0.15, -0.1) is 0 Å². The molecule has 0 aliphatic rings. The highest BCUT2D eigenvalue weighted by molar-refractivity contribution is 5.83. The van der Waals surface area contributed by atoms with Crippen LogP contribution in [0.2, 0.25) is 0 Å². The molecule has 0 saturated carbocycles. The number of carboxylic acids is 2. The van der Waals surface area contributed by atoms with E-state index in [1.54, 1.807) is 0 Å². The lowest BCUT2D eigenvalue weighted by Gasteiger charge is -2.14. The Kier molecular flexibility index (Phi) is 8.52. The maximum Gasteiger partial charge on any atom is 0.326 e. The van der Waals surface area contributed by atoms with Gasteiger partial charge in [0, 0.05) is 12.8 Å². The number of carboxylic acid groups (broad SMARTS) is 2. The monoisotopic (exact) mass is 274 g/mol. The second-order valence-corrected chi connectivity index (χ2v) is 4.61. The number of amides is 1. The molecule has 7 nitrogen and oxygen atoms in total. The predicted molar refractivity (Wildman–Crippen MR) is 68.5 cm³/mol. The molecular formula is C12H22N2O5. The van der Waals surface area contributed by atoms with Crippen molar-refractivity contribution in [3.63, 3.8) is 0 Å². The zero-order chi connectivity index (χ0) is 14.8. The number of nitrogens with one attached hydrogen (secondary N) is 1. The number of carbonyl (C=O) groups is 3. The van der Waals surface area contributed by atoms with E-state index in [0.717, 1.165) is 6.42 Å². The van der Waals surface area contributed by atoms with Crippen LogP contribution in [0.15, 0.2) is 0 Å². The van der Waals surface area contributed by atoms with Gasteiger partial charge in [-0.1, -0.05) is 6.92 Å². The molecule has 0 aromatic carbocycles. The standard InChI is InChI=1S/C12H22N2O5/c1-8(6-7-13)2-4-10(15)14-9(12(18)19)3-5-11(16)17/h8-9H,2-7,13H2,1H3,(H,14,15)(H,16,17)(H,18,19)/t8?,9-/m0/s1. The van der Waals surface area contributed by atoms with E-state index in [1.165, 1.54) is 0 Å². The molecule has 0 saturated heterocycles. The first kappa shape index (κ1) is 17.4. The predicted octanol–water partition coefficient (Wildman–Crippen LogP) is 0.186. The molecule has 0 radical (unpaired) electrons. The van der Waals surface area contributed by atoms with Crippen LogP contribution in [0, 0.1) is 5.92 Å². The third-order valence-corrected chi connectivity index (χ3v) is 2.80. The van der Waals surface area contributed by atoms with Crippen LogP contribution >= 0.6 is 0 Å². The van der Waals surface area contributed by atoms with Gasteiger partial charge in [0.15, 0.2) is 0 Å². The molecule has 7 heteroatoms. The normalized spacial score (nSPS) is 13.6. The second-order valence-electron chi connectivity index (χ2n) is 4.61. The Morgan fingerprint density at radius 1 is 1.11 bits per heavy atom. The van der Waals surface area contributed by atoms with Gasteiger partial charge < -0.3 is 21.3 Å². The van der Waals surface area contributed by atoms with Crippen molar-refractivity contribution in [1.29, 1.82) is 0 Å². The van der Waals surface area contributed by atoms with Crippen LogP contribution in [0.3, 0.4) is 0 Å². The van der Waals surface area contributed by atoms with Crippen molar-refractivity contribution in [3.8, 4) is 0 Å². The highest BCUT2D eigenvalue weighted by Gasteiger charge is 2.20. The molecule has 0 spiro atoms. The van der Waals surface area contributed by atoms with Crippen molar-refractivity contribution in [2.75, 3.05) is 6.54 Å². The molecule has 1 unspecified atom stereocenters. The SMILES string of the molecule is CC(CCN)CCC(=O)N[C@@H](CCC(=O)O)C(=O)O. The van der Waals surface area contributed by atoms with E-state index in [4.69, 9.17) is 15.9 Å². The van der Waals surface area contributed by atoms with Crippen molar-refractivity contribution in [2.24, 2.45) is 11.7 Å². The molecule has 0 aliphatic carbocycles. The summed E-state index contributed by atoms with van der Waals surface area (Å²) in [6.07, 6.45) is 1.26. The summed E-state index contributed by atoms with van der Waals surface area (Å²) in [4.78, 5) is 32.8. The first-order chi connectivity index (χ1) is 8.86. The van der Waals surface area contributed by atoms with Crippen LogP contribution in [-0.4, -0.2) is 40.6 Å². The Morgan fingerprint density at radius 2 is 1.74 bits per heavy atom. The average Bonchev–Trinajstić information content (AvgIpc) is 2.31. The smallest absolute Gasteiger partial charge is 0.326 e. The summed E-state index contributed by atoms with van der Waals surface area (Å²) in [6.45, 7) is 2.53. The van der Waals surface area contributed by atoms with Crippen LogP contribution in [-0.2, 0) is 14.4 Å². The molecule has 2 atom stereocenters. The van der Waals surface area contributed by atoms with Crippen LogP contribution in [0.4, 0.5) is 0 Å². The zero-order valence-corrected chi connectivity index (χ0v) is 11.1.